The molecule has 1 aliphatic heterocycles. The molecule has 0 aliphatic carbocycles. The lowest BCUT2D eigenvalue weighted by Crippen LogP contribution is -2.41. The van der Waals surface area contributed by atoms with Gasteiger partial charge in [0.05, 0.1) is 30.0 Å². The van der Waals surface area contributed by atoms with Gasteiger partial charge >= 0.3 is 18.4 Å². The second kappa shape index (κ2) is 8.44. The maximum Gasteiger partial charge on any atom is 0.433 e. The molecule has 1 aliphatic rings. The van der Waals surface area contributed by atoms with Gasteiger partial charge in [0.1, 0.15) is 5.69 Å². The van der Waals surface area contributed by atoms with Crippen molar-refractivity contribution in [3.63, 3.8) is 0 Å². The van der Waals surface area contributed by atoms with Gasteiger partial charge in [0.15, 0.2) is 5.78 Å². The van der Waals surface area contributed by atoms with E-state index in [-0.39, 0.29) is 18.2 Å². The lowest BCUT2D eigenvalue weighted by atomic mass is 10.0. The number of amides is 2. The number of Topliss-reactive ketones (excluding diaryl/α,β-unsaturated/α-hetero) is 1. The van der Waals surface area contributed by atoms with Gasteiger partial charge in [0.2, 0.25) is 0 Å². The monoisotopic (exact) mass is 459 g/mol. The van der Waals surface area contributed by atoms with Crippen LogP contribution in [0.4, 0.5) is 36.8 Å². The van der Waals surface area contributed by atoms with Crippen LogP contribution in [0.5, 0.6) is 0 Å². The van der Waals surface area contributed by atoms with Gasteiger partial charge in [-0.3, -0.25) is 9.69 Å². The van der Waals surface area contributed by atoms with Crippen molar-refractivity contribution in [2.24, 2.45) is 5.92 Å². The molecule has 0 radical (unpaired) electrons. The Morgan fingerprint density at radius 2 is 1.72 bits per heavy atom. The molecule has 11 heteroatoms. The first-order valence-corrected chi connectivity index (χ1v) is 9.61. The number of hydrogen-bond acceptors (Lipinski definition) is 3. The van der Waals surface area contributed by atoms with Crippen molar-refractivity contribution in [1.82, 2.24) is 9.88 Å². The largest absolute Gasteiger partial charge is 0.433 e. The SMILES string of the molecule is CC(C)[C@H]1CN(c2ccc(C(F)(F)F)nc2)C(=O)N1CC(=O)c1ccccc1C(F)(F)F. The smallest absolute Gasteiger partial charge is 0.312 e. The third-order valence-electron chi connectivity index (χ3n) is 5.21. The van der Waals surface area contributed by atoms with E-state index in [0.29, 0.717) is 0 Å². The number of urea groups is 1. The lowest BCUT2D eigenvalue weighted by molar-refractivity contribution is -0.141. The molecule has 0 saturated carbocycles. The van der Waals surface area contributed by atoms with Crippen LogP contribution in [0.25, 0.3) is 0 Å². The molecule has 2 aromatic rings. The van der Waals surface area contributed by atoms with E-state index in [1.54, 1.807) is 13.8 Å². The Kier molecular flexibility index (Phi) is 6.21. The van der Waals surface area contributed by atoms with Crippen LogP contribution in [0, 0.1) is 5.92 Å². The number of anilines is 1. The van der Waals surface area contributed by atoms with Gasteiger partial charge in [-0.15, -0.1) is 0 Å². The highest BCUT2D eigenvalue weighted by molar-refractivity contribution is 6.03. The Balaban J connectivity index is 1.87. The molecule has 1 saturated heterocycles. The Hall–Kier alpha value is -3.11. The third kappa shape index (κ3) is 4.71. The lowest BCUT2D eigenvalue weighted by Gasteiger charge is -2.25. The Bertz CT molecular complexity index is 1000. The fourth-order valence-electron chi connectivity index (χ4n) is 3.56. The first kappa shape index (κ1) is 23.6. The zero-order chi connectivity index (χ0) is 23.8. The number of halogens is 6. The number of alkyl halides is 6. The summed E-state index contributed by atoms with van der Waals surface area (Å²) >= 11 is 0. The minimum absolute atomic E-state index is 0.0533. The fourth-order valence-corrected chi connectivity index (χ4v) is 3.56. The van der Waals surface area contributed by atoms with Crippen molar-refractivity contribution in [2.45, 2.75) is 32.2 Å². The predicted molar refractivity (Wildman–Crippen MR) is 103 cm³/mol. The minimum atomic E-state index is -4.74. The van der Waals surface area contributed by atoms with E-state index in [9.17, 15) is 35.9 Å². The Morgan fingerprint density at radius 3 is 2.25 bits per heavy atom. The fraction of sp³-hybridized carbons (Fsp3) is 0.381. The summed E-state index contributed by atoms with van der Waals surface area (Å²) in [5.74, 6) is -1.05. The van der Waals surface area contributed by atoms with E-state index in [1.807, 2.05) is 0 Å². The van der Waals surface area contributed by atoms with Gasteiger partial charge in [0, 0.05) is 12.1 Å². The maximum atomic E-state index is 13.3. The molecule has 32 heavy (non-hydrogen) atoms. The van der Waals surface area contributed by atoms with Crippen LogP contribution in [-0.2, 0) is 12.4 Å². The number of carbonyl (C=O) groups is 2. The first-order chi connectivity index (χ1) is 14.8. The number of aromatic nitrogens is 1. The molecule has 0 bridgehead atoms. The minimum Gasteiger partial charge on any atom is -0.312 e. The van der Waals surface area contributed by atoms with E-state index < -0.39 is 53.6 Å². The molecule has 2 amide bonds. The second-order valence-corrected chi connectivity index (χ2v) is 7.70. The van der Waals surface area contributed by atoms with Crippen LogP contribution in [0.2, 0.25) is 0 Å². The molecule has 0 spiro atoms. The van der Waals surface area contributed by atoms with E-state index in [4.69, 9.17) is 0 Å². The summed E-state index contributed by atoms with van der Waals surface area (Å²) < 4.78 is 78.1. The molecule has 3 rings (SSSR count). The molecule has 5 nitrogen and oxygen atoms in total. The summed E-state index contributed by atoms with van der Waals surface area (Å²) in [5.41, 5.74) is -2.67. The quantitative estimate of drug-likeness (QED) is 0.452. The summed E-state index contributed by atoms with van der Waals surface area (Å²) in [7, 11) is 0. The van der Waals surface area contributed by atoms with Gasteiger partial charge < -0.3 is 4.90 Å². The number of carbonyl (C=O) groups excluding carboxylic acids is 2. The third-order valence-corrected chi connectivity index (χ3v) is 5.21. The molecule has 2 heterocycles. The highest BCUT2D eigenvalue weighted by atomic mass is 19.4. The highest BCUT2D eigenvalue weighted by Gasteiger charge is 2.42. The normalized spacial score (nSPS) is 17.4. The molecule has 1 atom stereocenters. The summed E-state index contributed by atoms with van der Waals surface area (Å²) in [6, 6.07) is 4.91. The maximum absolute atomic E-state index is 13.3. The molecular formula is C21H19F6N3O2. The first-order valence-electron chi connectivity index (χ1n) is 9.61. The van der Waals surface area contributed by atoms with Crippen molar-refractivity contribution in [1.29, 1.82) is 0 Å². The van der Waals surface area contributed by atoms with Gasteiger partial charge in [-0.25, -0.2) is 9.78 Å². The number of pyridine rings is 1. The van der Waals surface area contributed by atoms with Crippen molar-refractivity contribution >= 4 is 17.5 Å². The molecule has 1 fully saturated rings. The van der Waals surface area contributed by atoms with Crippen LogP contribution in [0.15, 0.2) is 42.6 Å². The number of hydrogen-bond donors (Lipinski definition) is 0. The Morgan fingerprint density at radius 1 is 1.06 bits per heavy atom. The van der Waals surface area contributed by atoms with Crippen molar-refractivity contribution in [3.8, 4) is 0 Å². The Labute approximate surface area is 179 Å². The van der Waals surface area contributed by atoms with Crippen molar-refractivity contribution < 1.29 is 35.9 Å². The van der Waals surface area contributed by atoms with Crippen molar-refractivity contribution in [2.75, 3.05) is 18.0 Å². The van der Waals surface area contributed by atoms with Crippen LogP contribution < -0.4 is 4.90 Å². The predicted octanol–water partition coefficient (Wildman–Crippen LogP) is 5.27. The van der Waals surface area contributed by atoms with Gasteiger partial charge in [-0.2, -0.15) is 26.3 Å². The van der Waals surface area contributed by atoms with Crippen LogP contribution in [0.3, 0.4) is 0 Å². The molecule has 1 aromatic heterocycles. The molecule has 1 aromatic carbocycles. The van der Waals surface area contributed by atoms with E-state index >= 15 is 0 Å². The van der Waals surface area contributed by atoms with E-state index in [0.717, 1.165) is 41.4 Å². The topological polar surface area (TPSA) is 53.5 Å². The molecule has 0 unspecified atom stereocenters. The molecular weight excluding hydrogens is 440 g/mol. The number of rotatable bonds is 5. The van der Waals surface area contributed by atoms with Gasteiger partial charge in [-0.05, 0) is 24.1 Å². The molecule has 0 N–H and O–H groups in total. The average Bonchev–Trinajstić information content (AvgIpc) is 3.03. The van der Waals surface area contributed by atoms with Gasteiger partial charge in [0.25, 0.3) is 0 Å². The highest BCUT2D eigenvalue weighted by Crippen LogP contribution is 2.34. The van der Waals surface area contributed by atoms with Gasteiger partial charge in [-0.1, -0.05) is 32.0 Å². The van der Waals surface area contributed by atoms with Crippen LogP contribution >= 0.6 is 0 Å². The summed E-state index contributed by atoms with van der Waals surface area (Å²) in [5, 5.41) is 0. The second-order valence-electron chi connectivity index (χ2n) is 7.70. The summed E-state index contributed by atoms with van der Waals surface area (Å²) in [6.45, 7) is 3.00. The zero-order valence-electron chi connectivity index (χ0n) is 17.0. The number of ketones is 1. The zero-order valence-corrected chi connectivity index (χ0v) is 17.0. The van der Waals surface area contributed by atoms with Crippen molar-refractivity contribution in [3.05, 3.63) is 59.4 Å². The number of benzene rings is 1. The summed E-state index contributed by atoms with van der Waals surface area (Å²) in [4.78, 5) is 31.4. The summed E-state index contributed by atoms with van der Waals surface area (Å²) in [6.07, 6.45) is -8.47. The van der Waals surface area contributed by atoms with Crippen LogP contribution in [-0.4, -0.2) is 40.8 Å². The van der Waals surface area contributed by atoms with E-state index in [1.165, 1.54) is 11.0 Å². The van der Waals surface area contributed by atoms with E-state index in [2.05, 4.69) is 4.98 Å². The number of nitrogens with zero attached hydrogens (tertiary/aromatic N) is 3. The average molecular weight is 459 g/mol. The van der Waals surface area contributed by atoms with Crippen LogP contribution in [0.1, 0.15) is 35.5 Å². The standard InChI is InChI=1S/C21H19F6N3O2/c1-12(2)16-10-29(13-7-8-18(28-9-13)21(25,26)27)19(32)30(16)11-17(31)14-5-3-4-6-15(14)20(22,23)24/h3-9,12,16H,10-11H2,1-2H3/t16-/m1/s1. The molecule has 172 valence electrons.